The van der Waals surface area contributed by atoms with E-state index in [2.05, 4.69) is 39.5 Å². The van der Waals surface area contributed by atoms with Crippen LogP contribution < -0.4 is 0 Å². The molecule has 0 saturated heterocycles. The summed E-state index contributed by atoms with van der Waals surface area (Å²) < 4.78 is 4.21. The molecule has 0 fully saturated rings. The van der Waals surface area contributed by atoms with E-state index >= 15 is 0 Å². The zero-order valence-electron chi connectivity index (χ0n) is 13.5. The number of hydrogen-bond donors (Lipinski definition) is 0. The smallest absolute Gasteiger partial charge is 0.158 e. The first-order valence-electron chi connectivity index (χ1n) is 7.52. The van der Waals surface area contributed by atoms with Gasteiger partial charge in [0.2, 0.25) is 0 Å². The summed E-state index contributed by atoms with van der Waals surface area (Å²) in [6, 6.07) is 8.36. The topological polar surface area (TPSA) is 48.5 Å². The molecule has 3 aromatic rings. The highest BCUT2D eigenvalue weighted by Crippen LogP contribution is 2.21. The molecule has 3 rings (SSSR count). The molecular weight excluding hydrogens is 274 g/mol. The maximum absolute atomic E-state index is 4.58. The number of aryl methyl sites for hydroxylation is 3. The van der Waals surface area contributed by atoms with Crippen molar-refractivity contribution in [1.29, 1.82) is 0 Å². The molecule has 1 atom stereocenters. The van der Waals surface area contributed by atoms with Crippen LogP contribution >= 0.6 is 0 Å². The maximum Gasteiger partial charge on any atom is 0.158 e. The van der Waals surface area contributed by atoms with E-state index in [1.165, 1.54) is 5.69 Å². The van der Waals surface area contributed by atoms with Gasteiger partial charge in [-0.05, 0) is 45.9 Å². The second-order valence-electron chi connectivity index (χ2n) is 5.78. The van der Waals surface area contributed by atoms with E-state index in [1.807, 2.05) is 49.1 Å². The molecule has 0 bridgehead atoms. The Kier molecular flexibility index (Phi) is 3.79. The van der Waals surface area contributed by atoms with Crippen molar-refractivity contribution in [2.45, 2.75) is 40.3 Å². The molecule has 22 heavy (non-hydrogen) atoms. The van der Waals surface area contributed by atoms with Crippen molar-refractivity contribution >= 4 is 0 Å². The van der Waals surface area contributed by atoms with Crippen LogP contribution in [0.3, 0.4) is 0 Å². The molecule has 1 unspecified atom stereocenters. The van der Waals surface area contributed by atoms with Gasteiger partial charge in [0.1, 0.15) is 5.69 Å². The summed E-state index contributed by atoms with van der Waals surface area (Å²) >= 11 is 0. The van der Waals surface area contributed by atoms with Crippen molar-refractivity contribution in [1.82, 2.24) is 24.3 Å². The maximum atomic E-state index is 4.58. The fraction of sp³-hybridized carbons (Fsp3) is 0.353. The lowest BCUT2D eigenvalue weighted by molar-refractivity contribution is 0.433. The highest BCUT2D eigenvalue weighted by molar-refractivity contribution is 5.50. The Morgan fingerprint density at radius 1 is 1.14 bits per heavy atom. The van der Waals surface area contributed by atoms with Crippen LogP contribution in [-0.4, -0.2) is 24.3 Å². The number of aromatic nitrogens is 5. The molecular formula is C17H21N5. The molecule has 3 heterocycles. The van der Waals surface area contributed by atoms with Gasteiger partial charge in [-0.15, -0.1) is 0 Å². The van der Waals surface area contributed by atoms with Gasteiger partial charge in [-0.1, -0.05) is 6.07 Å². The predicted octanol–water partition coefficient (Wildman–Crippen LogP) is 3.33. The number of rotatable bonds is 4. The monoisotopic (exact) mass is 295 g/mol. The summed E-state index contributed by atoms with van der Waals surface area (Å²) in [7, 11) is 0. The van der Waals surface area contributed by atoms with Gasteiger partial charge in [-0.2, -0.15) is 5.10 Å². The highest BCUT2D eigenvalue weighted by Gasteiger charge is 2.14. The van der Waals surface area contributed by atoms with Crippen molar-refractivity contribution in [2.24, 2.45) is 0 Å². The fourth-order valence-corrected chi connectivity index (χ4v) is 2.73. The zero-order chi connectivity index (χ0) is 15.7. The summed E-state index contributed by atoms with van der Waals surface area (Å²) in [5.74, 6) is 0.901. The van der Waals surface area contributed by atoms with Crippen LogP contribution in [0.2, 0.25) is 0 Å². The zero-order valence-corrected chi connectivity index (χ0v) is 13.5. The largest absolute Gasteiger partial charge is 0.325 e. The Morgan fingerprint density at radius 2 is 1.95 bits per heavy atom. The molecule has 0 N–H and O–H groups in total. The summed E-state index contributed by atoms with van der Waals surface area (Å²) in [4.78, 5) is 9.07. The lowest BCUT2D eigenvalue weighted by Crippen LogP contribution is -2.15. The Bertz CT molecular complexity index is 784. The van der Waals surface area contributed by atoms with Gasteiger partial charge in [-0.25, -0.2) is 9.97 Å². The fourth-order valence-electron chi connectivity index (χ4n) is 2.73. The molecule has 3 aromatic heterocycles. The molecule has 5 nitrogen and oxygen atoms in total. The van der Waals surface area contributed by atoms with E-state index in [9.17, 15) is 0 Å². The molecule has 0 aliphatic carbocycles. The number of pyridine rings is 1. The predicted molar refractivity (Wildman–Crippen MR) is 86.6 cm³/mol. The third-order valence-corrected chi connectivity index (χ3v) is 3.80. The summed E-state index contributed by atoms with van der Waals surface area (Å²) in [5.41, 5.74) is 4.14. The average molecular weight is 295 g/mol. The lowest BCUT2D eigenvalue weighted by atomic mass is 10.2. The van der Waals surface area contributed by atoms with Crippen molar-refractivity contribution in [3.63, 3.8) is 0 Å². The molecule has 0 radical (unpaired) electrons. The first-order valence-corrected chi connectivity index (χ1v) is 7.52. The normalized spacial score (nSPS) is 12.5. The SMILES string of the molecule is Cc1cccc(-c2nccn2C(C)Cn2nc(C)cc2C)n1. The minimum atomic E-state index is 0.248. The van der Waals surface area contributed by atoms with E-state index in [0.29, 0.717) is 0 Å². The van der Waals surface area contributed by atoms with Gasteiger partial charge in [0.25, 0.3) is 0 Å². The molecule has 0 spiro atoms. The van der Waals surface area contributed by atoms with Gasteiger partial charge >= 0.3 is 0 Å². The van der Waals surface area contributed by atoms with Crippen LogP contribution in [0.5, 0.6) is 0 Å². The quantitative estimate of drug-likeness (QED) is 0.742. The highest BCUT2D eigenvalue weighted by atomic mass is 15.3. The summed E-state index contributed by atoms with van der Waals surface area (Å²) in [5, 5.41) is 4.54. The van der Waals surface area contributed by atoms with Crippen LogP contribution in [-0.2, 0) is 6.54 Å². The molecule has 5 heteroatoms. The summed E-state index contributed by atoms with van der Waals surface area (Å²) in [6.45, 7) is 9.10. The first-order chi connectivity index (χ1) is 10.5. The second-order valence-corrected chi connectivity index (χ2v) is 5.78. The Labute approximate surface area is 130 Å². The molecule has 0 aliphatic rings. The first kappa shape index (κ1) is 14.5. The minimum Gasteiger partial charge on any atom is -0.325 e. The van der Waals surface area contributed by atoms with E-state index in [4.69, 9.17) is 0 Å². The van der Waals surface area contributed by atoms with E-state index in [1.54, 1.807) is 0 Å². The lowest BCUT2D eigenvalue weighted by Gasteiger charge is -2.17. The number of nitrogens with zero attached hydrogens (tertiary/aromatic N) is 5. The third-order valence-electron chi connectivity index (χ3n) is 3.80. The van der Waals surface area contributed by atoms with Crippen molar-refractivity contribution < 1.29 is 0 Å². The van der Waals surface area contributed by atoms with Gasteiger partial charge in [0.05, 0.1) is 18.3 Å². The molecule has 114 valence electrons. The van der Waals surface area contributed by atoms with Gasteiger partial charge in [0, 0.05) is 23.8 Å². The number of imidazole rings is 1. The van der Waals surface area contributed by atoms with E-state index in [0.717, 1.165) is 29.5 Å². The van der Waals surface area contributed by atoms with E-state index < -0.39 is 0 Å². The molecule has 0 aliphatic heterocycles. The van der Waals surface area contributed by atoms with Crippen molar-refractivity contribution in [3.8, 4) is 11.5 Å². The van der Waals surface area contributed by atoms with E-state index in [-0.39, 0.29) is 6.04 Å². The van der Waals surface area contributed by atoms with Crippen molar-refractivity contribution in [2.75, 3.05) is 0 Å². The van der Waals surface area contributed by atoms with Crippen LogP contribution in [0, 0.1) is 20.8 Å². The molecule has 0 aromatic carbocycles. The van der Waals surface area contributed by atoms with Gasteiger partial charge in [-0.3, -0.25) is 4.68 Å². The summed E-state index contributed by atoms with van der Waals surface area (Å²) in [6.07, 6.45) is 3.84. The van der Waals surface area contributed by atoms with Crippen LogP contribution in [0.15, 0.2) is 36.7 Å². The van der Waals surface area contributed by atoms with Crippen molar-refractivity contribution in [3.05, 3.63) is 53.7 Å². The Balaban J connectivity index is 1.89. The van der Waals surface area contributed by atoms with Gasteiger partial charge in [0.15, 0.2) is 5.82 Å². The van der Waals surface area contributed by atoms with Crippen LogP contribution in [0.1, 0.15) is 30.0 Å². The minimum absolute atomic E-state index is 0.248. The third kappa shape index (κ3) is 2.79. The molecule has 0 amide bonds. The van der Waals surface area contributed by atoms with Crippen LogP contribution in [0.4, 0.5) is 0 Å². The van der Waals surface area contributed by atoms with Gasteiger partial charge < -0.3 is 4.57 Å². The second kappa shape index (κ2) is 5.75. The number of hydrogen-bond acceptors (Lipinski definition) is 3. The van der Waals surface area contributed by atoms with Crippen LogP contribution in [0.25, 0.3) is 11.5 Å². The molecule has 0 saturated carbocycles. The average Bonchev–Trinajstić information content (AvgIpc) is 3.06. The Hall–Kier alpha value is -2.43. The Morgan fingerprint density at radius 3 is 2.64 bits per heavy atom. The standard InChI is InChI=1S/C17H21N5/c1-12-6-5-7-16(19-12)17-18-8-9-21(17)15(4)11-22-14(3)10-13(2)20-22/h5-10,15H,11H2,1-4H3.